The van der Waals surface area contributed by atoms with Crippen molar-refractivity contribution in [3.8, 4) is 0 Å². The van der Waals surface area contributed by atoms with Crippen molar-refractivity contribution in [2.45, 2.75) is 23.5 Å². The summed E-state index contributed by atoms with van der Waals surface area (Å²) in [5.41, 5.74) is 1.80. The number of rotatable bonds is 7. The molecule has 1 heterocycles. The third kappa shape index (κ3) is 5.01. The molecule has 0 aliphatic carbocycles. The third-order valence-electron chi connectivity index (χ3n) is 4.35. The number of carbonyl (C=O) groups is 1. The van der Waals surface area contributed by atoms with Gasteiger partial charge in [0, 0.05) is 16.4 Å². The van der Waals surface area contributed by atoms with Gasteiger partial charge < -0.3 is 5.32 Å². The average molecular weight is 434 g/mol. The van der Waals surface area contributed by atoms with Gasteiger partial charge in [-0.05, 0) is 48.2 Å². The minimum atomic E-state index is -3.64. The summed E-state index contributed by atoms with van der Waals surface area (Å²) < 4.78 is 26.4. The van der Waals surface area contributed by atoms with E-state index in [2.05, 4.69) is 5.32 Å². The Kier molecular flexibility index (Phi) is 6.54. The molecule has 0 fully saturated rings. The minimum absolute atomic E-state index is 0.0170. The van der Waals surface area contributed by atoms with E-state index in [0.29, 0.717) is 9.90 Å². The first kappa shape index (κ1) is 20.6. The molecule has 0 saturated heterocycles. The van der Waals surface area contributed by atoms with Crippen LogP contribution in [-0.2, 0) is 21.1 Å². The molecule has 1 amide bonds. The van der Waals surface area contributed by atoms with Gasteiger partial charge in [-0.15, -0.1) is 11.3 Å². The van der Waals surface area contributed by atoms with E-state index < -0.39 is 15.1 Å². The molecule has 0 radical (unpaired) electrons. The highest BCUT2D eigenvalue weighted by Crippen LogP contribution is 2.31. The Morgan fingerprint density at radius 1 is 1.07 bits per heavy atom. The number of hydrogen-bond donors (Lipinski definition) is 1. The standard InChI is InChI=1S/C21H20ClNO3S2/c1-15-4-10-18(11-5-15)28(25,26)20(19-3-2-12-27-19)14-23-21(24)13-16-6-8-17(22)9-7-16/h2-12,20H,13-14H2,1H3,(H,23,24). The molecule has 2 aromatic carbocycles. The first-order valence-corrected chi connectivity index (χ1v) is 11.5. The number of carbonyl (C=O) groups excluding carboxylic acids is 1. The van der Waals surface area contributed by atoms with Crippen molar-refractivity contribution in [1.82, 2.24) is 5.32 Å². The largest absolute Gasteiger partial charge is 0.354 e. The fraction of sp³-hybridized carbons (Fsp3) is 0.190. The molecule has 0 bridgehead atoms. The minimum Gasteiger partial charge on any atom is -0.354 e. The van der Waals surface area contributed by atoms with Gasteiger partial charge in [0.25, 0.3) is 0 Å². The second-order valence-corrected chi connectivity index (χ2v) is 10.0. The van der Waals surface area contributed by atoms with E-state index in [1.165, 1.54) is 11.3 Å². The highest BCUT2D eigenvalue weighted by atomic mass is 35.5. The fourth-order valence-electron chi connectivity index (χ4n) is 2.79. The summed E-state index contributed by atoms with van der Waals surface area (Å²) in [6, 6.07) is 17.4. The summed E-state index contributed by atoms with van der Waals surface area (Å²) in [5.74, 6) is -0.233. The molecular formula is C21H20ClNO3S2. The molecule has 3 rings (SSSR count). The van der Waals surface area contributed by atoms with Crippen LogP contribution in [0.3, 0.4) is 0 Å². The van der Waals surface area contributed by atoms with Crippen LogP contribution < -0.4 is 5.32 Å². The third-order valence-corrected chi connectivity index (χ3v) is 7.83. The number of aryl methyl sites for hydroxylation is 1. The molecule has 0 aliphatic rings. The van der Waals surface area contributed by atoms with Gasteiger partial charge in [0.15, 0.2) is 9.84 Å². The normalized spacial score (nSPS) is 12.5. The van der Waals surface area contributed by atoms with Crippen LogP contribution in [0.15, 0.2) is 70.9 Å². The second-order valence-electron chi connectivity index (χ2n) is 6.47. The molecular weight excluding hydrogens is 414 g/mol. The Labute approximate surface area is 174 Å². The number of halogens is 1. The van der Waals surface area contributed by atoms with Crippen LogP contribution >= 0.6 is 22.9 Å². The summed E-state index contributed by atoms with van der Waals surface area (Å²) >= 11 is 7.23. The molecule has 1 N–H and O–H groups in total. The van der Waals surface area contributed by atoms with E-state index in [1.54, 1.807) is 54.6 Å². The highest BCUT2D eigenvalue weighted by Gasteiger charge is 2.30. The monoisotopic (exact) mass is 433 g/mol. The topological polar surface area (TPSA) is 63.2 Å². The summed E-state index contributed by atoms with van der Waals surface area (Å²) in [7, 11) is -3.64. The maximum absolute atomic E-state index is 13.2. The van der Waals surface area contributed by atoms with Gasteiger partial charge in [0.05, 0.1) is 11.3 Å². The zero-order valence-corrected chi connectivity index (χ0v) is 17.7. The first-order valence-electron chi connectivity index (χ1n) is 8.71. The molecule has 1 unspecified atom stereocenters. The maximum atomic E-state index is 13.2. The van der Waals surface area contributed by atoms with Crippen molar-refractivity contribution in [1.29, 1.82) is 0 Å². The number of amides is 1. The number of benzene rings is 2. The van der Waals surface area contributed by atoms with Crippen LogP contribution in [-0.4, -0.2) is 20.9 Å². The molecule has 0 saturated carbocycles. The summed E-state index contributed by atoms with van der Waals surface area (Å²) in [4.78, 5) is 13.3. The van der Waals surface area contributed by atoms with Crippen molar-refractivity contribution in [3.05, 3.63) is 87.1 Å². The van der Waals surface area contributed by atoms with Crippen molar-refractivity contribution >= 4 is 38.7 Å². The van der Waals surface area contributed by atoms with Crippen molar-refractivity contribution < 1.29 is 13.2 Å². The predicted molar refractivity (Wildman–Crippen MR) is 114 cm³/mol. The maximum Gasteiger partial charge on any atom is 0.224 e. The van der Waals surface area contributed by atoms with Crippen molar-refractivity contribution in [2.75, 3.05) is 6.54 Å². The van der Waals surface area contributed by atoms with Crippen molar-refractivity contribution in [2.24, 2.45) is 0 Å². The lowest BCUT2D eigenvalue weighted by atomic mass is 10.1. The number of thiophene rings is 1. The van der Waals surface area contributed by atoms with E-state index >= 15 is 0 Å². The molecule has 3 aromatic rings. The molecule has 1 atom stereocenters. The van der Waals surface area contributed by atoms with Gasteiger partial charge in [-0.2, -0.15) is 0 Å². The summed E-state index contributed by atoms with van der Waals surface area (Å²) in [6.07, 6.45) is 0.166. The Balaban J connectivity index is 1.76. The van der Waals surface area contributed by atoms with E-state index in [1.807, 2.05) is 18.4 Å². The summed E-state index contributed by atoms with van der Waals surface area (Å²) in [5, 5.41) is 4.39. The number of nitrogens with one attached hydrogen (secondary N) is 1. The zero-order chi connectivity index (χ0) is 20.1. The van der Waals surface area contributed by atoms with E-state index in [-0.39, 0.29) is 23.8 Å². The molecule has 0 spiro atoms. The molecule has 7 heteroatoms. The Morgan fingerprint density at radius 3 is 2.36 bits per heavy atom. The zero-order valence-electron chi connectivity index (χ0n) is 15.3. The quantitative estimate of drug-likeness (QED) is 0.593. The second kappa shape index (κ2) is 8.90. The SMILES string of the molecule is Cc1ccc(S(=O)(=O)C(CNC(=O)Cc2ccc(Cl)cc2)c2cccs2)cc1. The van der Waals surface area contributed by atoms with E-state index in [4.69, 9.17) is 11.6 Å². The van der Waals surface area contributed by atoms with Crippen LogP contribution in [0.4, 0.5) is 0 Å². The Hall–Kier alpha value is -2.15. The Bertz CT molecular complexity index is 1030. The first-order chi connectivity index (χ1) is 13.4. The van der Waals surface area contributed by atoms with Gasteiger partial charge in [-0.3, -0.25) is 4.79 Å². The molecule has 28 heavy (non-hydrogen) atoms. The van der Waals surface area contributed by atoms with Gasteiger partial charge in [0.2, 0.25) is 5.91 Å². The smallest absolute Gasteiger partial charge is 0.224 e. The van der Waals surface area contributed by atoms with Crippen LogP contribution in [0.2, 0.25) is 5.02 Å². The molecule has 4 nitrogen and oxygen atoms in total. The fourth-order valence-corrected chi connectivity index (χ4v) is 5.70. The van der Waals surface area contributed by atoms with Crippen LogP contribution in [0.5, 0.6) is 0 Å². The Morgan fingerprint density at radius 2 is 1.75 bits per heavy atom. The lowest BCUT2D eigenvalue weighted by molar-refractivity contribution is -0.120. The highest BCUT2D eigenvalue weighted by molar-refractivity contribution is 7.91. The van der Waals surface area contributed by atoms with Gasteiger partial charge >= 0.3 is 0 Å². The van der Waals surface area contributed by atoms with Gasteiger partial charge in [-0.1, -0.05) is 47.5 Å². The van der Waals surface area contributed by atoms with E-state index in [9.17, 15) is 13.2 Å². The van der Waals surface area contributed by atoms with Gasteiger partial charge in [-0.25, -0.2) is 8.42 Å². The lowest BCUT2D eigenvalue weighted by Gasteiger charge is -2.17. The predicted octanol–water partition coefficient (Wildman–Crippen LogP) is 4.58. The number of sulfone groups is 1. The van der Waals surface area contributed by atoms with Gasteiger partial charge in [0.1, 0.15) is 5.25 Å². The molecule has 0 aliphatic heterocycles. The van der Waals surface area contributed by atoms with Crippen LogP contribution in [0.1, 0.15) is 21.3 Å². The van der Waals surface area contributed by atoms with Crippen LogP contribution in [0, 0.1) is 6.92 Å². The number of hydrogen-bond acceptors (Lipinski definition) is 4. The van der Waals surface area contributed by atoms with Crippen LogP contribution in [0.25, 0.3) is 0 Å². The van der Waals surface area contributed by atoms with E-state index in [0.717, 1.165) is 11.1 Å². The van der Waals surface area contributed by atoms with Crippen molar-refractivity contribution in [3.63, 3.8) is 0 Å². The molecule has 146 valence electrons. The lowest BCUT2D eigenvalue weighted by Crippen LogP contribution is -2.32. The average Bonchev–Trinajstić information content (AvgIpc) is 3.18. The summed E-state index contributed by atoms with van der Waals surface area (Å²) in [6.45, 7) is 1.92. The molecule has 1 aromatic heterocycles.